The highest BCUT2D eigenvalue weighted by molar-refractivity contribution is 6.32. The Balaban J connectivity index is 2.35. The summed E-state index contributed by atoms with van der Waals surface area (Å²) in [7, 11) is 1.84. The molecular formula is C14H13Cl2FN4. The lowest BCUT2D eigenvalue weighted by Crippen LogP contribution is -2.06. The number of hydrogen-bond donors (Lipinski definition) is 0. The second-order valence-electron chi connectivity index (χ2n) is 4.78. The molecule has 1 aromatic carbocycles. The van der Waals surface area contributed by atoms with Crippen LogP contribution in [0.4, 0.5) is 4.39 Å². The van der Waals surface area contributed by atoms with Crippen molar-refractivity contribution in [2.24, 2.45) is 7.05 Å². The normalized spacial score (nSPS) is 11.5. The van der Waals surface area contributed by atoms with E-state index in [0.717, 1.165) is 22.7 Å². The van der Waals surface area contributed by atoms with Crippen molar-refractivity contribution < 1.29 is 4.39 Å². The van der Waals surface area contributed by atoms with Gasteiger partial charge in [-0.25, -0.2) is 14.1 Å². The van der Waals surface area contributed by atoms with Crippen LogP contribution < -0.4 is 0 Å². The zero-order valence-electron chi connectivity index (χ0n) is 11.6. The second kappa shape index (κ2) is 5.31. The highest BCUT2D eigenvalue weighted by Gasteiger charge is 2.19. The summed E-state index contributed by atoms with van der Waals surface area (Å²) in [5.74, 6) is 0.846. The number of fused-ring (bicyclic) bond motifs is 1. The Hall–Kier alpha value is -1.59. The molecule has 0 aliphatic rings. The molecule has 0 radical (unpaired) electrons. The van der Waals surface area contributed by atoms with E-state index in [-0.39, 0.29) is 5.82 Å². The van der Waals surface area contributed by atoms with E-state index in [2.05, 4.69) is 10.1 Å². The van der Waals surface area contributed by atoms with Crippen LogP contribution in [0.1, 0.15) is 11.5 Å². The predicted octanol–water partition coefficient (Wildman–Crippen LogP) is 3.64. The first kappa shape index (κ1) is 14.4. The summed E-state index contributed by atoms with van der Waals surface area (Å²) >= 11 is 12.1. The molecule has 0 unspecified atom stereocenters. The summed E-state index contributed by atoms with van der Waals surface area (Å²) in [6, 6.07) is 4.30. The Kier molecular flexibility index (Phi) is 3.63. The zero-order chi connectivity index (χ0) is 15.1. The van der Waals surface area contributed by atoms with E-state index >= 15 is 0 Å². The van der Waals surface area contributed by atoms with Crippen LogP contribution >= 0.6 is 23.2 Å². The molecule has 0 spiro atoms. The topological polar surface area (TPSA) is 35.6 Å². The highest BCUT2D eigenvalue weighted by Crippen LogP contribution is 2.28. The largest absolute Gasteiger partial charge is 0.279 e. The lowest BCUT2D eigenvalue weighted by Gasteiger charge is -2.11. The van der Waals surface area contributed by atoms with Gasteiger partial charge in [0.25, 0.3) is 0 Å². The van der Waals surface area contributed by atoms with Crippen molar-refractivity contribution in [1.82, 2.24) is 19.3 Å². The number of benzene rings is 1. The average molecular weight is 327 g/mol. The molecular weight excluding hydrogens is 314 g/mol. The minimum Gasteiger partial charge on any atom is -0.279 e. The number of imidazole rings is 1. The number of hydrogen-bond acceptors (Lipinski definition) is 2. The molecule has 0 aliphatic carbocycles. The number of aromatic nitrogens is 4. The molecule has 110 valence electrons. The SMILES string of the molecule is Cc1nn(C)c2c1nc(CCCl)n2-c1ccc(F)cc1Cl. The van der Waals surface area contributed by atoms with Gasteiger partial charge in [0, 0.05) is 19.3 Å². The van der Waals surface area contributed by atoms with Crippen molar-refractivity contribution in [2.45, 2.75) is 13.3 Å². The maximum atomic E-state index is 13.3. The molecule has 3 rings (SSSR count). The first-order valence-corrected chi connectivity index (χ1v) is 7.36. The molecule has 0 saturated heterocycles. The Morgan fingerprint density at radius 1 is 1.33 bits per heavy atom. The molecule has 0 fully saturated rings. The highest BCUT2D eigenvalue weighted by atomic mass is 35.5. The number of rotatable bonds is 3. The van der Waals surface area contributed by atoms with E-state index < -0.39 is 0 Å². The predicted molar refractivity (Wildman–Crippen MR) is 82.0 cm³/mol. The maximum Gasteiger partial charge on any atom is 0.163 e. The van der Waals surface area contributed by atoms with Gasteiger partial charge in [-0.2, -0.15) is 5.10 Å². The van der Waals surface area contributed by atoms with Gasteiger partial charge in [-0.3, -0.25) is 4.57 Å². The van der Waals surface area contributed by atoms with E-state index in [1.807, 2.05) is 18.5 Å². The van der Waals surface area contributed by atoms with Gasteiger partial charge in [0.05, 0.1) is 16.4 Å². The molecule has 0 saturated carbocycles. The fourth-order valence-corrected chi connectivity index (χ4v) is 2.91. The summed E-state index contributed by atoms with van der Waals surface area (Å²) in [6.07, 6.45) is 0.587. The summed E-state index contributed by atoms with van der Waals surface area (Å²) in [5, 5.41) is 4.69. The van der Waals surface area contributed by atoms with Crippen molar-refractivity contribution in [3.63, 3.8) is 0 Å². The third-order valence-electron chi connectivity index (χ3n) is 3.34. The summed E-state index contributed by atoms with van der Waals surface area (Å²) < 4.78 is 16.9. The van der Waals surface area contributed by atoms with Crippen LogP contribution in [-0.2, 0) is 13.5 Å². The first-order valence-electron chi connectivity index (χ1n) is 6.45. The average Bonchev–Trinajstić information content (AvgIpc) is 2.90. The quantitative estimate of drug-likeness (QED) is 0.689. The minimum absolute atomic E-state index is 0.323. The third kappa shape index (κ3) is 2.30. The molecule has 2 aromatic heterocycles. The van der Waals surface area contributed by atoms with E-state index in [9.17, 15) is 4.39 Å². The van der Waals surface area contributed by atoms with Gasteiger partial charge in [-0.1, -0.05) is 11.6 Å². The molecule has 0 bridgehead atoms. The summed E-state index contributed by atoms with van der Waals surface area (Å²) in [6.45, 7) is 1.90. The van der Waals surface area contributed by atoms with Crippen LogP contribution in [0.2, 0.25) is 5.02 Å². The molecule has 3 aromatic rings. The fourth-order valence-electron chi connectivity index (χ4n) is 2.49. The van der Waals surface area contributed by atoms with E-state index in [0.29, 0.717) is 23.0 Å². The van der Waals surface area contributed by atoms with Crippen LogP contribution in [0, 0.1) is 12.7 Å². The van der Waals surface area contributed by atoms with Gasteiger partial charge in [0.1, 0.15) is 17.2 Å². The van der Waals surface area contributed by atoms with Crippen LogP contribution in [0.15, 0.2) is 18.2 Å². The van der Waals surface area contributed by atoms with Crippen LogP contribution in [-0.4, -0.2) is 25.2 Å². The molecule has 0 N–H and O–H groups in total. The van der Waals surface area contributed by atoms with Crippen molar-refractivity contribution in [3.8, 4) is 5.69 Å². The Bertz CT molecular complexity index is 822. The van der Waals surface area contributed by atoms with E-state index in [1.165, 1.54) is 12.1 Å². The molecule has 0 amide bonds. The number of alkyl halides is 1. The van der Waals surface area contributed by atoms with E-state index in [4.69, 9.17) is 23.2 Å². The number of nitrogens with zero attached hydrogens (tertiary/aromatic N) is 4. The Morgan fingerprint density at radius 2 is 2.10 bits per heavy atom. The van der Waals surface area contributed by atoms with Gasteiger partial charge in [-0.05, 0) is 25.1 Å². The zero-order valence-corrected chi connectivity index (χ0v) is 13.1. The van der Waals surface area contributed by atoms with Crippen molar-refractivity contribution >= 4 is 34.4 Å². The fraction of sp³-hybridized carbons (Fsp3) is 0.286. The lowest BCUT2D eigenvalue weighted by molar-refractivity contribution is 0.627. The van der Waals surface area contributed by atoms with Crippen molar-refractivity contribution in [2.75, 3.05) is 5.88 Å². The van der Waals surface area contributed by atoms with Gasteiger partial charge >= 0.3 is 0 Å². The Labute approximate surface area is 131 Å². The number of halogens is 3. The van der Waals surface area contributed by atoms with Crippen LogP contribution in [0.25, 0.3) is 16.9 Å². The van der Waals surface area contributed by atoms with E-state index in [1.54, 1.807) is 10.7 Å². The van der Waals surface area contributed by atoms with Gasteiger partial charge in [-0.15, -0.1) is 11.6 Å². The standard InChI is InChI=1S/C14H13Cl2FN4/c1-8-13-14(20(2)19-8)21(12(18-13)5-6-15)11-4-3-9(17)7-10(11)16/h3-4,7H,5-6H2,1-2H3. The van der Waals surface area contributed by atoms with Crippen molar-refractivity contribution in [3.05, 3.63) is 40.6 Å². The molecule has 0 aliphatic heterocycles. The van der Waals surface area contributed by atoms with Gasteiger partial charge in [0.2, 0.25) is 0 Å². The molecule has 7 heteroatoms. The van der Waals surface area contributed by atoms with Crippen LogP contribution in [0.5, 0.6) is 0 Å². The number of aryl methyl sites for hydroxylation is 3. The third-order valence-corrected chi connectivity index (χ3v) is 3.83. The summed E-state index contributed by atoms with van der Waals surface area (Å²) in [4.78, 5) is 4.61. The van der Waals surface area contributed by atoms with Crippen molar-refractivity contribution in [1.29, 1.82) is 0 Å². The summed E-state index contributed by atoms with van der Waals surface area (Å²) in [5.41, 5.74) is 3.13. The lowest BCUT2D eigenvalue weighted by atomic mass is 10.3. The van der Waals surface area contributed by atoms with Crippen LogP contribution in [0.3, 0.4) is 0 Å². The first-order chi connectivity index (χ1) is 10.0. The molecule has 0 atom stereocenters. The molecule has 2 heterocycles. The second-order valence-corrected chi connectivity index (χ2v) is 5.56. The molecule has 21 heavy (non-hydrogen) atoms. The van der Waals surface area contributed by atoms with Gasteiger partial charge < -0.3 is 0 Å². The minimum atomic E-state index is -0.375. The Morgan fingerprint density at radius 3 is 2.76 bits per heavy atom. The monoisotopic (exact) mass is 326 g/mol. The maximum absolute atomic E-state index is 13.3. The van der Waals surface area contributed by atoms with Gasteiger partial charge in [0.15, 0.2) is 5.65 Å². The smallest absolute Gasteiger partial charge is 0.163 e. The molecule has 4 nitrogen and oxygen atoms in total.